The summed E-state index contributed by atoms with van der Waals surface area (Å²) in [6, 6.07) is 5.37. The van der Waals surface area contributed by atoms with Gasteiger partial charge in [0.05, 0.1) is 30.6 Å². The first-order valence-corrected chi connectivity index (χ1v) is 14.1. The molecule has 2 saturated carbocycles. The molecule has 2 aliphatic rings. The van der Waals surface area contributed by atoms with Gasteiger partial charge in [-0.25, -0.2) is 0 Å². The molecule has 0 heterocycles. The molecule has 0 radical (unpaired) electrons. The van der Waals surface area contributed by atoms with Crippen LogP contribution in [0.1, 0.15) is 103 Å². The Hall–Kier alpha value is -2.57. The maximum Gasteiger partial charge on any atom is 0.309 e. The van der Waals surface area contributed by atoms with E-state index in [0.717, 1.165) is 57.7 Å². The van der Waals surface area contributed by atoms with Gasteiger partial charge in [0, 0.05) is 0 Å². The second-order valence-electron chi connectivity index (χ2n) is 12.9. The number of rotatable bonds is 9. The molecule has 0 atom stereocenters. The molecule has 1 aromatic carbocycles. The first-order chi connectivity index (χ1) is 17.8. The van der Waals surface area contributed by atoms with E-state index in [9.17, 15) is 14.4 Å². The smallest absolute Gasteiger partial charge is 0.309 e. The molecule has 2 aliphatic carbocycles. The minimum Gasteiger partial charge on any atom is -0.493 e. The summed E-state index contributed by atoms with van der Waals surface area (Å²) in [5.41, 5.74) is -0.442. The normalized spacial score (nSPS) is 24.3. The van der Waals surface area contributed by atoms with Crippen LogP contribution >= 0.6 is 0 Å². The van der Waals surface area contributed by atoms with E-state index in [1.165, 1.54) is 0 Å². The summed E-state index contributed by atoms with van der Waals surface area (Å²) in [4.78, 5) is 36.4. The molecule has 0 aliphatic heterocycles. The standard InChI is InChI=1S/C31H46O7/c1-30(2,3)37-28(33)23-11-7-21(8-12-23)19-35-26-15-16-27(25(17-26)18-32)36-20-22-9-13-24(14-10-22)29(34)38-31(4,5)6/h15-18,21-24H,7-14,19-20H2,1-6H3. The van der Waals surface area contributed by atoms with Crippen molar-refractivity contribution in [3.63, 3.8) is 0 Å². The number of hydrogen-bond donors (Lipinski definition) is 0. The molecule has 0 aromatic heterocycles. The van der Waals surface area contributed by atoms with Crippen LogP contribution in [-0.2, 0) is 19.1 Å². The third-order valence-corrected chi connectivity index (χ3v) is 7.24. The number of aldehydes is 1. The molecule has 1 aromatic rings. The molecular weight excluding hydrogens is 484 g/mol. The number of benzene rings is 1. The van der Waals surface area contributed by atoms with E-state index in [-0.39, 0.29) is 23.8 Å². The maximum absolute atomic E-state index is 12.3. The highest BCUT2D eigenvalue weighted by atomic mass is 16.6. The Balaban J connectivity index is 1.41. The molecule has 2 fully saturated rings. The third-order valence-electron chi connectivity index (χ3n) is 7.24. The lowest BCUT2D eigenvalue weighted by atomic mass is 9.82. The van der Waals surface area contributed by atoms with Crippen molar-refractivity contribution in [2.24, 2.45) is 23.7 Å². The van der Waals surface area contributed by atoms with Gasteiger partial charge in [-0.3, -0.25) is 14.4 Å². The Morgan fingerprint density at radius 2 is 1.18 bits per heavy atom. The van der Waals surface area contributed by atoms with Gasteiger partial charge in [-0.15, -0.1) is 0 Å². The second-order valence-corrected chi connectivity index (χ2v) is 12.9. The fourth-order valence-corrected chi connectivity index (χ4v) is 5.16. The maximum atomic E-state index is 12.3. The lowest BCUT2D eigenvalue weighted by Crippen LogP contribution is -2.31. The molecule has 212 valence electrons. The summed E-state index contributed by atoms with van der Waals surface area (Å²) < 4.78 is 23.1. The lowest BCUT2D eigenvalue weighted by molar-refractivity contribution is -0.162. The van der Waals surface area contributed by atoms with Crippen LogP contribution in [-0.4, -0.2) is 42.6 Å². The van der Waals surface area contributed by atoms with E-state index in [1.807, 2.05) is 47.6 Å². The van der Waals surface area contributed by atoms with Crippen molar-refractivity contribution < 1.29 is 33.3 Å². The van der Waals surface area contributed by atoms with Crippen molar-refractivity contribution >= 4 is 18.2 Å². The minimum atomic E-state index is -0.459. The molecule has 0 amide bonds. The fourth-order valence-electron chi connectivity index (χ4n) is 5.16. The van der Waals surface area contributed by atoms with Crippen LogP contribution in [0.3, 0.4) is 0 Å². The Labute approximate surface area is 227 Å². The zero-order chi connectivity index (χ0) is 27.9. The average molecular weight is 531 g/mol. The Bertz CT molecular complexity index is 940. The molecule has 0 spiro atoms. The molecule has 38 heavy (non-hydrogen) atoms. The van der Waals surface area contributed by atoms with Crippen LogP contribution in [0.5, 0.6) is 11.5 Å². The van der Waals surface area contributed by atoms with Crippen LogP contribution in [0.25, 0.3) is 0 Å². The predicted molar refractivity (Wildman–Crippen MR) is 145 cm³/mol. The number of esters is 2. The van der Waals surface area contributed by atoms with E-state index in [4.69, 9.17) is 18.9 Å². The molecule has 7 nitrogen and oxygen atoms in total. The highest BCUT2D eigenvalue weighted by Gasteiger charge is 2.31. The van der Waals surface area contributed by atoms with Crippen LogP contribution in [0, 0.1) is 23.7 Å². The zero-order valence-corrected chi connectivity index (χ0v) is 24.0. The van der Waals surface area contributed by atoms with Crippen LogP contribution in [0.2, 0.25) is 0 Å². The number of ether oxygens (including phenoxy) is 4. The summed E-state index contributed by atoms with van der Waals surface area (Å²) in [7, 11) is 0. The summed E-state index contributed by atoms with van der Waals surface area (Å²) >= 11 is 0. The minimum absolute atomic E-state index is 0.0315. The van der Waals surface area contributed by atoms with E-state index >= 15 is 0 Å². The van der Waals surface area contributed by atoms with Crippen molar-refractivity contribution in [3.8, 4) is 11.5 Å². The van der Waals surface area contributed by atoms with Crippen molar-refractivity contribution in [2.75, 3.05) is 13.2 Å². The van der Waals surface area contributed by atoms with Gasteiger partial charge in [-0.1, -0.05) is 0 Å². The van der Waals surface area contributed by atoms with Crippen LogP contribution in [0.4, 0.5) is 0 Å². The van der Waals surface area contributed by atoms with Gasteiger partial charge in [0.1, 0.15) is 22.7 Å². The van der Waals surface area contributed by atoms with Gasteiger partial charge in [0.2, 0.25) is 0 Å². The molecule has 0 unspecified atom stereocenters. The predicted octanol–water partition coefficient (Wildman–Crippen LogP) is 6.55. The molecular formula is C31H46O7. The van der Waals surface area contributed by atoms with E-state index < -0.39 is 11.2 Å². The Morgan fingerprint density at radius 3 is 1.61 bits per heavy atom. The summed E-state index contributed by atoms with van der Waals surface area (Å²) in [5.74, 6) is 1.65. The summed E-state index contributed by atoms with van der Waals surface area (Å²) in [6.07, 6.45) is 7.67. The Kier molecular flexibility index (Phi) is 10.2. The Morgan fingerprint density at radius 1 is 0.737 bits per heavy atom. The van der Waals surface area contributed by atoms with Crippen molar-refractivity contribution in [1.82, 2.24) is 0 Å². The van der Waals surface area contributed by atoms with Gasteiger partial charge in [-0.05, 0) is 123 Å². The van der Waals surface area contributed by atoms with Crippen molar-refractivity contribution in [1.29, 1.82) is 0 Å². The highest BCUT2D eigenvalue weighted by molar-refractivity contribution is 5.80. The first-order valence-electron chi connectivity index (χ1n) is 14.1. The first kappa shape index (κ1) is 30.0. The van der Waals surface area contributed by atoms with Gasteiger partial charge >= 0.3 is 11.9 Å². The topological polar surface area (TPSA) is 88.1 Å². The highest BCUT2D eigenvalue weighted by Crippen LogP contribution is 2.33. The molecule has 3 rings (SSSR count). The monoisotopic (exact) mass is 530 g/mol. The van der Waals surface area contributed by atoms with Crippen molar-refractivity contribution in [3.05, 3.63) is 23.8 Å². The SMILES string of the molecule is CC(C)(C)OC(=O)C1CCC(COc2ccc(OCC3CCC(C(=O)OC(C)(C)C)CC3)c(C=O)c2)CC1. The van der Waals surface area contributed by atoms with Crippen molar-refractivity contribution in [2.45, 2.75) is 104 Å². The summed E-state index contributed by atoms with van der Waals surface area (Å²) in [5, 5.41) is 0. The lowest BCUT2D eigenvalue weighted by Gasteiger charge is -2.30. The number of hydrogen-bond acceptors (Lipinski definition) is 7. The summed E-state index contributed by atoms with van der Waals surface area (Å²) in [6.45, 7) is 12.4. The molecule has 7 heteroatoms. The van der Waals surface area contributed by atoms with Gasteiger partial charge in [-0.2, -0.15) is 0 Å². The zero-order valence-electron chi connectivity index (χ0n) is 24.0. The molecule has 0 N–H and O–H groups in total. The molecule has 0 bridgehead atoms. The number of carbonyl (C=O) groups excluding carboxylic acids is 3. The van der Waals surface area contributed by atoms with Gasteiger partial charge in [0.25, 0.3) is 0 Å². The average Bonchev–Trinajstić information content (AvgIpc) is 2.85. The largest absolute Gasteiger partial charge is 0.493 e. The fraction of sp³-hybridized carbons (Fsp3) is 0.710. The van der Waals surface area contributed by atoms with Crippen LogP contribution < -0.4 is 9.47 Å². The van der Waals surface area contributed by atoms with E-state index in [0.29, 0.717) is 42.1 Å². The van der Waals surface area contributed by atoms with E-state index in [1.54, 1.807) is 12.1 Å². The van der Waals surface area contributed by atoms with E-state index in [2.05, 4.69) is 0 Å². The third kappa shape index (κ3) is 9.63. The van der Waals surface area contributed by atoms with Gasteiger partial charge < -0.3 is 18.9 Å². The number of carbonyl (C=O) groups is 3. The quantitative estimate of drug-likeness (QED) is 0.264. The van der Waals surface area contributed by atoms with Gasteiger partial charge in [0.15, 0.2) is 6.29 Å². The van der Waals surface area contributed by atoms with Crippen LogP contribution in [0.15, 0.2) is 18.2 Å². The second kappa shape index (κ2) is 13.0. The molecule has 0 saturated heterocycles.